The average Bonchev–Trinajstić information content (AvgIpc) is 2.69. The van der Waals surface area contributed by atoms with Crippen molar-refractivity contribution in [1.82, 2.24) is 4.57 Å². The first-order valence-electron chi connectivity index (χ1n) is 5.52. The fourth-order valence-corrected chi connectivity index (χ4v) is 1.76. The van der Waals surface area contributed by atoms with Crippen LogP contribution in [-0.2, 0) is 20.1 Å². The average molecular weight is 233 g/mol. The molecule has 0 saturated heterocycles. The quantitative estimate of drug-likeness (QED) is 0.850. The number of anilines is 1. The summed E-state index contributed by atoms with van der Waals surface area (Å²) in [6.07, 6.45) is 2.04. The predicted molar refractivity (Wildman–Crippen MR) is 67.0 cm³/mol. The molecule has 0 saturated carbocycles. The maximum atomic E-state index is 12.7. The Labute approximate surface area is 100 Å². The van der Waals surface area contributed by atoms with E-state index in [4.69, 9.17) is 5.73 Å². The number of hydrogen-bond donors (Lipinski definition) is 2. The van der Waals surface area contributed by atoms with Crippen molar-refractivity contribution in [2.45, 2.75) is 13.1 Å². The molecule has 0 radical (unpaired) electrons. The van der Waals surface area contributed by atoms with Crippen LogP contribution in [0.3, 0.4) is 0 Å². The van der Waals surface area contributed by atoms with Gasteiger partial charge in [-0.25, -0.2) is 4.39 Å². The maximum Gasteiger partial charge on any atom is 0.123 e. The van der Waals surface area contributed by atoms with Gasteiger partial charge in [0, 0.05) is 37.7 Å². The number of halogens is 1. The van der Waals surface area contributed by atoms with Crippen molar-refractivity contribution in [2.75, 3.05) is 5.32 Å². The van der Waals surface area contributed by atoms with Crippen LogP contribution >= 0.6 is 0 Å². The van der Waals surface area contributed by atoms with Crippen molar-refractivity contribution in [3.63, 3.8) is 0 Å². The van der Waals surface area contributed by atoms with Crippen molar-refractivity contribution in [1.29, 1.82) is 0 Å². The predicted octanol–water partition coefficient (Wildman–Crippen LogP) is 2.23. The molecular weight excluding hydrogens is 217 g/mol. The molecule has 0 amide bonds. The van der Waals surface area contributed by atoms with Crippen LogP contribution in [0.4, 0.5) is 10.1 Å². The van der Waals surface area contributed by atoms with Crippen molar-refractivity contribution >= 4 is 5.69 Å². The Morgan fingerprint density at radius 3 is 2.59 bits per heavy atom. The Hall–Kier alpha value is -1.81. The Morgan fingerprint density at radius 1 is 1.29 bits per heavy atom. The molecule has 1 aromatic heterocycles. The normalized spacial score (nSPS) is 10.5. The van der Waals surface area contributed by atoms with Gasteiger partial charge < -0.3 is 15.6 Å². The largest absolute Gasteiger partial charge is 0.381 e. The molecule has 90 valence electrons. The Balaban J connectivity index is 1.99. The van der Waals surface area contributed by atoms with Gasteiger partial charge in [-0.1, -0.05) is 0 Å². The zero-order valence-electron chi connectivity index (χ0n) is 9.78. The van der Waals surface area contributed by atoms with Gasteiger partial charge in [0.1, 0.15) is 5.82 Å². The fraction of sp³-hybridized carbons (Fsp3) is 0.231. The van der Waals surface area contributed by atoms with Crippen LogP contribution in [0.15, 0.2) is 36.5 Å². The molecule has 0 aliphatic heterocycles. The summed E-state index contributed by atoms with van der Waals surface area (Å²) in [6.45, 7) is 1.24. The molecule has 2 rings (SSSR count). The van der Waals surface area contributed by atoms with Gasteiger partial charge in [-0.05, 0) is 35.9 Å². The Bertz CT molecular complexity index is 488. The molecule has 0 unspecified atom stereocenters. The van der Waals surface area contributed by atoms with E-state index in [-0.39, 0.29) is 5.82 Å². The second-order valence-corrected chi connectivity index (χ2v) is 4.02. The Morgan fingerprint density at radius 2 is 2.00 bits per heavy atom. The molecule has 0 aliphatic carbocycles. The summed E-state index contributed by atoms with van der Waals surface area (Å²) >= 11 is 0. The molecule has 3 nitrogen and oxygen atoms in total. The molecule has 2 aromatic rings. The van der Waals surface area contributed by atoms with Gasteiger partial charge in [-0.15, -0.1) is 0 Å². The zero-order valence-corrected chi connectivity index (χ0v) is 9.78. The van der Waals surface area contributed by atoms with Gasteiger partial charge in [0.25, 0.3) is 0 Å². The minimum atomic E-state index is -0.222. The van der Waals surface area contributed by atoms with E-state index in [1.807, 2.05) is 17.8 Å². The van der Waals surface area contributed by atoms with Crippen molar-refractivity contribution < 1.29 is 4.39 Å². The number of nitrogens with two attached hydrogens (primary N) is 1. The smallest absolute Gasteiger partial charge is 0.123 e. The molecule has 1 heterocycles. The number of hydrogen-bond acceptors (Lipinski definition) is 2. The number of aryl methyl sites for hydroxylation is 1. The van der Waals surface area contributed by atoms with Gasteiger partial charge in [0.2, 0.25) is 0 Å². The van der Waals surface area contributed by atoms with E-state index in [0.29, 0.717) is 13.1 Å². The van der Waals surface area contributed by atoms with Gasteiger partial charge in [-0.2, -0.15) is 0 Å². The third-order valence-electron chi connectivity index (χ3n) is 2.71. The summed E-state index contributed by atoms with van der Waals surface area (Å²) < 4.78 is 14.7. The molecule has 0 bridgehead atoms. The first-order valence-corrected chi connectivity index (χ1v) is 5.52. The number of nitrogens with zero attached hydrogens (tertiary/aromatic N) is 1. The van der Waals surface area contributed by atoms with Crippen LogP contribution in [-0.4, -0.2) is 4.57 Å². The van der Waals surface area contributed by atoms with E-state index in [1.165, 1.54) is 12.1 Å². The molecular formula is C13H16FN3. The van der Waals surface area contributed by atoms with E-state index in [1.54, 1.807) is 12.1 Å². The highest BCUT2D eigenvalue weighted by atomic mass is 19.1. The third-order valence-corrected chi connectivity index (χ3v) is 2.71. The molecule has 17 heavy (non-hydrogen) atoms. The van der Waals surface area contributed by atoms with Crippen LogP contribution in [0.2, 0.25) is 0 Å². The maximum absolute atomic E-state index is 12.7. The van der Waals surface area contributed by atoms with Crippen molar-refractivity contribution in [3.8, 4) is 0 Å². The summed E-state index contributed by atoms with van der Waals surface area (Å²) in [4.78, 5) is 0. The minimum absolute atomic E-state index is 0.222. The minimum Gasteiger partial charge on any atom is -0.381 e. The number of aromatic nitrogens is 1. The summed E-state index contributed by atoms with van der Waals surface area (Å²) in [6, 6.07) is 8.40. The molecule has 0 atom stereocenters. The molecule has 4 heteroatoms. The van der Waals surface area contributed by atoms with Crippen LogP contribution < -0.4 is 11.1 Å². The van der Waals surface area contributed by atoms with E-state index < -0.39 is 0 Å². The van der Waals surface area contributed by atoms with Crippen LogP contribution in [0, 0.1) is 5.82 Å². The van der Waals surface area contributed by atoms with E-state index >= 15 is 0 Å². The summed E-state index contributed by atoms with van der Waals surface area (Å²) in [7, 11) is 1.98. The number of benzene rings is 1. The van der Waals surface area contributed by atoms with Gasteiger partial charge >= 0.3 is 0 Å². The summed E-state index contributed by atoms with van der Waals surface area (Å²) in [5.74, 6) is -0.222. The second kappa shape index (κ2) is 5.01. The zero-order chi connectivity index (χ0) is 12.3. The monoisotopic (exact) mass is 233 g/mol. The third kappa shape index (κ3) is 2.85. The lowest BCUT2D eigenvalue weighted by Gasteiger charge is -2.04. The molecule has 1 aromatic carbocycles. The van der Waals surface area contributed by atoms with Crippen LogP contribution in [0.1, 0.15) is 11.3 Å². The van der Waals surface area contributed by atoms with Crippen molar-refractivity contribution in [3.05, 3.63) is 53.6 Å². The highest BCUT2D eigenvalue weighted by molar-refractivity contribution is 5.43. The topological polar surface area (TPSA) is 43.0 Å². The molecule has 3 N–H and O–H groups in total. The fourth-order valence-electron chi connectivity index (χ4n) is 1.76. The lowest BCUT2D eigenvalue weighted by atomic mass is 10.2. The van der Waals surface area contributed by atoms with Crippen LogP contribution in [0.25, 0.3) is 0 Å². The lowest BCUT2D eigenvalue weighted by Crippen LogP contribution is -2.01. The number of nitrogens with one attached hydrogen (secondary N) is 1. The molecule has 0 fully saturated rings. The Kier molecular flexibility index (Phi) is 3.44. The SMILES string of the molecule is Cn1cc(CNc2ccc(F)cc2)cc1CN. The lowest BCUT2D eigenvalue weighted by molar-refractivity contribution is 0.628. The van der Waals surface area contributed by atoms with Gasteiger partial charge in [-0.3, -0.25) is 0 Å². The van der Waals surface area contributed by atoms with E-state index in [0.717, 1.165) is 16.9 Å². The summed E-state index contributed by atoms with van der Waals surface area (Å²) in [5.41, 5.74) is 8.77. The summed E-state index contributed by atoms with van der Waals surface area (Å²) in [5, 5.41) is 3.23. The molecule has 0 spiro atoms. The highest BCUT2D eigenvalue weighted by Crippen LogP contribution is 2.12. The first kappa shape index (κ1) is 11.7. The molecule has 0 aliphatic rings. The highest BCUT2D eigenvalue weighted by Gasteiger charge is 2.01. The van der Waals surface area contributed by atoms with E-state index in [2.05, 4.69) is 11.4 Å². The first-order chi connectivity index (χ1) is 8.19. The second-order valence-electron chi connectivity index (χ2n) is 4.02. The van der Waals surface area contributed by atoms with Crippen molar-refractivity contribution in [2.24, 2.45) is 12.8 Å². The van der Waals surface area contributed by atoms with Gasteiger partial charge in [0.15, 0.2) is 0 Å². The van der Waals surface area contributed by atoms with Gasteiger partial charge in [0.05, 0.1) is 0 Å². The van der Waals surface area contributed by atoms with E-state index in [9.17, 15) is 4.39 Å². The van der Waals surface area contributed by atoms with Crippen LogP contribution in [0.5, 0.6) is 0 Å². The number of rotatable bonds is 4. The standard InChI is InChI=1S/C13H16FN3/c1-17-9-10(6-13(17)7-15)8-16-12-4-2-11(14)3-5-12/h2-6,9,16H,7-8,15H2,1H3.